The molecule has 1 aliphatic rings. The fourth-order valence-electron chi connectivity index (χ4n) is 4.47. The molecule has 0 saturated carbocycles. The van der Waals surface area contributed by atoms with Gasteiger partial charge in [0.25, 0.3) is 0 Å². The monoisotopic (exact) mass is 344 g/mol. The van der Waals surface area contributed by atoms with Gasteiger partial charge in [0.2, 0.25) is 0 Å². The highest BCUT2D eigenvalue weighted by atomic mass is 14.3. The predicted molar refractivity (Wildman–Crippen MR) is 114 cm³/mol. The van der Waals surface area contributed by atoms with E-state index in [0.29, 0.717) is 5.92 Å². The van der Waals surface area contributed by atoms with Gasteiger partial charge in [-0.2, -0.15) is 0 Å². The molecule has 1 aliphatic carbocycles. The van der Waals surface area contributed by atoms with Gasteiger partial charge in [-0.25, -0.2) is 0 Å². The van der Waals surface area contributed by atoms with Gasteiger partial charge in [0.05, 0.1) is 0 Å². The number of benzene rings is 2. The van der Waals surface area contributed by atoms with Crippen molar-refractivity contribution in [3.63, 3.8) is 0 Å². The van der Waals surface area contributed by atoms with Crippen LogP contribution in [-0.4, -0.2) is 0 Å². The lowest BCUT2D eigenvalue weighted by molar-refractivity contribution is 0.510. The van der Waals surface area contributed by atoms with E-state index in [1.54, 1.807) is 5.57 Å². The number of allylic oxidation sites excluding steroid dienone is 4. The Bertz CT molecular complexity index is 793. The highest BCUT2D eigenvalue weighted by molar-refractivity contribution is 5.52. The van der Waals surface area contributed by atoms with Crippen LogP contribution in [0.15, 0.2) is 59.7 Å². The zero-order chi connectivity index (χ0) is 19.1. The van der Waals surface area contributed by atoms with Gasteiger partial charge in [-0.1, -0.05) is 97.1 Å². The minimum atomic E-state index is 0.165. The van der Waals surface area contributed by atoms with Gasteiger partial charge in [-0.3, -0.25) is 0 Å². The maximum Gasteiger partial charge on any atom is 0.0308 e. The van der Waals surface area contributed by atoms with Gasteiger partial charge >= 0.3 is 0 Å². The summed E-state index contributed by atoms with van der Waals surface area (Å²) >= 11 is 0. The van der Waals surface area contributed by atoms with E-state index in [4.69, 9.17) is 0 Å². The number of rotatable bonds is 3. The summed E-state index contributed by atoms with van der Waals surface area (Å²) in [5.41, 5.74) is 11.5. The van der Waals surface area contributed by atoms with Crippen LogP contribution in [0.2, 0.25) is 0 Å². The summed E-state index contributed by atoms with van der Waals surface area (Å²) < 4.78 is 0. The standard InChI is InChI=1S/C26H32/c1-17-11-18(2)14-21(13-17)25(22-15-19(3)12-20(4)16-22)23-9-8-10-24(23)26(5,6)7/h8,10-16,25H,9H2,1-7H3. The Hall–Kier alpha value is -2.08. The molecule has 0 fully saturated rings. The predicted octanol–water partition coefficient (Wildman–Crippen LogP) is 7.35. The SMILES string of the molecule is Cc1cc(C)cc(C(C2=C(C(C)(C)C)C=CC2)c2cc(C)cc(C)c2)c1. The average Bonchev–Trinajstić information content (AvgIpc) is 2.94. The van der Waals surface area contributed by atoms with E-state index in [9.17, 15) is 0 Å². The van der Waals surface area contributed by atoms with E-state index >= 15 is 0 Å². The van der Waals surface area contributed by atoms with Crippen molar-refractivity contribution in [2.24, 2.45) is 5.41 Å². The van der Waals surface area contributed by atoms with E-state index in [1.165, 1.54) is 39.0 Å². The summed E-state index contributed by atoms with van der Waals surface area (Å²) in [6.45, 7) is 15.8. The summed E-state index contributed by atoms with van der Waals surface area (Å²) in [5, 5.41) is 0. The molecule has 0 nitrogen and oxygen atoms in total. The van der Waals surface area contributed by atoms with Crippen LogP contribution in [0.25, 0.3) is 0 Å². The van der Waals surface area contributed by atoms with Crippen LogP contribution in [0.1, 0.15) is 66.5 Å². The van der Waals surface area contributed by atoms with Crippen LogP contribution in [0, 0.1) is 33.1 Å². The second kappa shape index (κ2) is 6.91. The largest absolute Gasteiger partial charge is 0.0801 e. The molecule has 0 amide bonds. The molecular formula is C26H32. The van der Waals surface area contributed by atoms with Crippen molar-refractivity contribution in [2.75, 3.05) is 0 Å². The molecule has 0 bridgehead atoms. The third-order valence-electron chi connectivity index (χ3n) is 5.28. The van der Waals surface area contributed by atoms with Crippen LogP contribution in [-0.2, 0) is 0 Å². The van der Waals surface area contributed by atoms with Crippen LogP contribution < -0.4 is 0 Å². The maximum atomic E-state index is 2.38. The van der Waals surface area contributed by atoms with Gasteiger partial charge in [0, 0.05) is 5.92 Å². The van der Waals surface area contributed by atoms with Gasteiger partial charge in [-0.15, -0.1) is 0 Å². The van der Waals surface area contributed by atoms with Gasteiger partial charge in [0.15, 0.2) is 0 Å². The molecule has 0 saturated heterocycles. The molecule has 0 heteroatoms. The molecule has 0 heterocycles. The Morgan fingerprint density at radius 3 is 1.50 bits per heavy atom. The van der Waals surface area contributed by atoms with Crippen molar-refractivity contribution in [1.29, 1.82) is 0 Å². The number of hydrogen-bond donors (Lipinski definition) is 0. The molecule has 0 unspecified atom stereocenters. The molecule has 0 spiro atoms. The van der Waals surface area contributed by atoms with E-state index in [-0.39, 0.29) is 5.41 Å². The first-order valence-electron chi connectivity index (χ1n) is 9.71. The van der Waals surface area contributed by atoms with Gasteiger partial charge in [-0.05, 0) is 56.2 Å². The third-order valence-corrected chi connectivity index (χ3v) is 5.28. The highest BCUT2D eigenvalue weighted by Crippen LogP contribution is 2.44. The second-order valence-corrected chi connectivity index (χ2v) is 9.07. The fourth-order valence-corrected chi connectivity index (χ4v) is 4.47. The molecule has 0 atom stereocenters. The lowest BCUT2D eigenvalue weighted by Crippen LogP contribution is -2.14. The van der Waals surface area contributed by atoms with Crippen molar-refractivity contribution < 1.29 is 0 Å². The normalized spacial score (nSPS) is 14.6. The van der Waals surface area contributed by atoms with Gasteiger partial charge in [0.1, 0.15) is 0 Å². The van der Waals surface area contributed by atoms with Crippen LogP contribution in [0.4, 0.5) is 0 Å². The van der Waals surface area contributed by atoms with Crippen LogP contribution in [0.3, 0.4) is 0 Å². The Kier molecular flexibility index (Phi) is 4.97. The minimum absolute atomic E-state index is 0.165. The summed E-state index contributed by atoms with van der Waals surface area (Å²) in [5.74, 6) is 0.330. The van der Waals surface area contributed by atoms with E-state index in [2.05, 4.69) is 97.0 Å². The van der Waals surface area contributed by atoms with Gasteiger partial charge < -0.3 is 0 Å². The molecule has 136 valence electrons. The minimum Gasteiger partial charge on any atom is -0.0801 e. The van der Waals surface area contributed by atoms with Crippen LogP contribution >= 0.6 is 0 Å². The molecule has 0 aliphatic heterocycles. The van der Waals surface area contributed by atoms with E-state index in [1.807, 2.05) is 0 Å². The Morgan fingerprint density at radius 1 is 0.692 bits per heavy atom. The number of aryl methyl sites for hydroxylation is 4. The summed E-state index contributed by atoms with van der Waals surface area (Å²) in [6, 6.07) is 14.0. The first kappa shape index (κ1) is 18.7. The van der Waals surface area contributed by atoms with Crippen molar-refractivity contribution in [3.05, 3.63) is 93.1 Å². The molecule has 2 aromatic rings. The number of hydrogen-bond acceptors (Lipinski definition) is 0. The first-order valence-corrected chi connectivity index (χ1v) is 9.71. The molecule has 0 radical (unpaired) electrons. The Morgan fingerprint density at radius 2 is 1.12 bits per heavy atom. The summed E-state index contributed by atoms with van der Waals surface area (Å²) in [4.78, 5) is 0. The quantitative estimate of drug-likeness (QED) is 0.546. The van der Waals surface area contributed by atoms with Crippen LogP contribution in [0.5, 0.6) is 0 Å². The van der Waals surface area contributed by atoms with Crippen molar-refractivity contribution in [1.82, 2.24) is 0 Å². The topological polar surface area (TPSA) is 0 Å². The molecule has 3 rings (SSSR count). The summed E-state index contributed by atoms with van der Waals surface area (Å²) in [7, 11) is 0. The van der Waals surface area contributed by atoms with Crippen molar-refractivity contribution in [3.8, 4) is 0 Å². The zero-order valence-corrected chi connectivity index (χ0v) is 17.4. The fraction of sp³-hybridized carbons (Fsp3) is 0.385. The van der Waals surface area contributed by atoms with E-state index in [0.717, 1.165) is 6.42 Å². The third kappa shape index (κ3) is 3.85. The molecular weight excluding hydrogens is 312 g/mol. The second-order valence-electron chi connectivity index (χ2n) is 9.07. The maximum absolute atomic E-state index is 2.38. The molecule has 0 N–H and O–H groups in total. The lowest BCUT2D eigenvalue weighted by Gasteiger charge is -2.28. The molecule has 26 heavy (non-hydrogen) atoms. The smallest absolute Gasteiger partial charge is 0.0308 e. The Labute approximate surface area is 159 Å². The summed E-state index contributed by atoms with van der Waals surface area (Å²) in [6.07, 6.45) is 5.75. The molecule has 0 aromatic heterocycles. The first-order chi connectivity index (χ1) is 12.1. The van der Waals surface area contributed by atoms with Crippen molar-refractivity contribution >= 4 is 0 Å². The highest BCUT2D eigenvalue weighted by Gasteiger charge is 2.29. The van der Waals surface area contributed by atoms with E-state index < -0.39 is 0 Å². The zero-order valence-electron chi connectivity index (χ0n) is 17.4. The molecule has 2 aromatic carbocycles. The average molecular weight is 345 g/mol. The Balaban J connectivity index is 2.26. The lowest BCUT2D eigenvalue weighted by atomic mass is 9.76. The van der Waals surface area contributed by atoms with Crippen molar-refractivity contribution in [2.45, 2.75) is 60.8 Å².